The van der Waals surface area contributed by atoms with Crippen molar-refractivity contribution in [3.05, 3.63) is 279 Å². The molecule has 0 N–H and O–H groups in total. The van der Waals surface area contributed by atoms with Crippen molar-refractivity contribution in [1.82, 2.24) is 9.13 Å². The first kappa shape index (κ1) is 40.6. The summed E-state index contributed by atoms with van der Waals surface area (Å²) >= 11 is 0. The van der Waals surface area contributed by atoms with E-state index in [1.165, 1.54) is 96.6 Å². The Morgan fingerprint density at radius 3 is 1.38 bits per heavy atom. The maximum absolute atomic E-state index is 2.46. The normalized spacial score (nSPS) is 12.0. The molecule has 13 aromatic rings. The van der Waals surface area contributed by atoms with Gasteiger partial charge in [-0.05, 0) is 130 Å². The van der Waals surface area contributed by atoms with Crippen LogP contribution in [0, 0.1) is 0 Å². The monoisotopic (exact) mass is 898 g/mol. The Kier molecular flexibility index (Phi) is 9.96. The maximum Gasteiger partial charge on any atom is 0.0547 e. The highest BCUT2D eigenvalue weighted by molar-refractivity contribution is 8.34. The molecule has 0 spiro atoms. The average Bonchev–Trinajstić information content (AvgIpc) is 3.95. The highest BCUT2D eigenvalue weighted by Gasteiger charge is 2.34. The molecule has 0 saturated heterocycles. The van der Waals surface area contributed by atoms with E-state index in [-0.39, 0.29) is 0 Å². The van der Waals surface area contributed by atoms with E-state index in [0.29, 0.717) is 0 Å². The first-order valence-corrected chi connectivity index (χ1v) is 25.3. The van der Waals surface area contributed by atoms with E-state index < -0.39 is 10.0 Å². The van der Waals surface area contributed by atoms with E-state index in [0.717, 1.165) is 11.4 Å². The van der Waals surface area contributed by atoms with Crippen LogP contribution in [0.4, 0.5) is 0 Å². The second-order valence-corrected chi connectivity index (χ2v) is 20.8. The van der Waals surface area contributed by atoms with E-state index in [9.17, 15) is 0 Å². The fourth-order valence-electron chi connectivity index (χ4n) is 10.8. The molecule has 0 saturated carbocycles. The molecule has 0 aliphatic carbocycles. The van der Waals surface area contributed by atoms with Crippen molar-refractivity contribution < 1.29 is 0 Å². The van der Waals surface area contributed by atoms with Gasteiger partial charge in [0.15, 0.2) is 0 Å². The second kappa shape index (κ2) is 16.9. The fourth-order valence-corrected chi connectivity index (χ4v) is 14.7. The summed E-state index contributed by atoms with van der Waals surface area (Å²) < 4.78 is 4.91. The summed E-state index contributed by atoms with van der Waals surface area (Å²) in [6, 6.07) is 103. The van der Waals surface area contributed by atoms with Crippen molar-refractivity contribution in [3.63, 3.8) is 0 Å². The van der Waals surface area contributed by atoms with Crippen LogP contribution in [-0.2, 0) is 0 Å². The highest BCUT2D eigenvalue weighted by atomic mass is 32.3. The van der Waals surface area contributed by atoms with Gasteiger partial charge >= 0.3 is 0 Å². The fraction of sp³-hybridized carbons (Fsp3) is 0. The summed E-state index contributed by atoms with van der Waals surface area (Å²) in [5.74, 6) is 0. The lowest BCUT2D eigenvalue weighted by Crippen LogP contribution is -2.06. The summed E-state index contributed by atoms with van der Waals surface area (Å²) in [5, 5.41) is 4.94. The molecule has 11 aromatic carbocycles. The molecule has 69 heavy (non-hydrogen) atoms. The van der Waals surface area contributed by atoms with Crippen LogP contribution in [0.1, 0.15) is 0 Å². The molecule has 0 atom stereocenters. The second-order valence-electron chi connectivity index (χ2n) is 17.6. The van der Waals surface area contributed by atoms with E-state index in [1.54, 1.807) is 0 Å². The predicted molar refractivity (Wildman–Crippen MR) is 291 cm³/mol. The number of nitrogens with zero attached hydrogens (tertiary/aromatic N) is 2. The number of aromatic nitrogens is 2. The number of benzene rings is 11. The largest absolute Gasteiger partial charge is 0.309 e. The molecule has 0 bridgehead atoms. The number of hydrogen-bond acceptors (Lipinski definition) is 0. The Morgan fingerprint density at radius 1 is 0.232 bits per heavy atom. The zero-order valence-corrected chi connectivity index (χ0v) is 38.7. The van der Waals surface area contributed by atoms with Crippen LogP contribution >= 0.6 is 10.0 Å². The Labute approximate surface area is 404 Å². The summed E-state index contributed by atoms with van der Waals surface area (Å²) in [4.78, 5) is 5.19. The van der Waals surface area contributed by atoms with Crippen molar-refractivity contribution >= 4 is 53.6 Å². The maximum atomic E-state index is 2.46. The minimum Gasteiger partial charge on any atom is -0.309 e. The lowest BCUT2D eigenvalue weighted by molar-refractivity contribution is 1.15. The lowest BCUT2D eigenvalue weighted by Gasteiger charge is -2.42. The number of hydrogen-bond donors (Lipinski definition) is 0. The quantitative estimate of drug-likeness (QED) is 0.137. The highest BCUT2D eigenvalue weighted by Crippen LogP contribution is 2.73. The first-order chi connectivity index (χ1) is 34.3. The van der Waals surface area contributed by atoms with Gasteiger partial charge in [0, 0.05) is 52.5 Å². The molecule has 0 unspecified atom stereocenters. The number of rotatable bonds is 9. The minimum atomic E-state index is -1.93. The van der Waals surface area contributed by atoms with Gasteiger partial charge in [0.25, 0.3) is 0 Å². The summed E-state index contributed by atoms with van der Waals surface area (Å²) in [7, 11) is -1.93. The van der Waals surface area contributed by atoms with E-state index in [1.807, 2.05) is 0 Å². The zero-order chi connectivity index (χ0) is 45.7. The molecular formula is C66H46N2S. The van der Waals surface area contributed by atoms with E-state index >= 15 is 0 Å². The Bertz CT molecular complexity index is 3940. The smallest absolute Gasteiger partial charge is 0.0547 e. The predicted octanol–water partition coefficient (Wildman–Crippen LogP) is 18.2. The third kappa shape index (κ3) is 6.65. The molecule has 2 heterocycles. The van der Waals surface area contributed by atoms with Crippen molar-refractivity contribution in [3.8, 4) is 44.8 Å². The number of fused-ring (bicyclic) bond motifs is 6. The van der Waals surface area contributed by atoms with Gasteiger partial charge in [-0.15, -0.1) is 10.0 Å². The molecule has 0 amide bonds. The van der Waals surface area contributed by atoms with Gasteiger partial charge in [0.1, 0.15) is 0 Å². The average molecular weight is 899 g/mol. The molecule has 326 valence electrons. The SMILES string of the molecule is c1ccc(-c2cccc(S(c3ccccc3)(c3ccccc3)c3ccc(-n4c5ccccc5c5cc(-n6c7ccccc7c7c(-c8ccccc8-c8ccccc8)cccc76)ccc54)cc3)c2)cc1. The molecule has 2 aromatic heterocycles. The van der Waals surface area contributed by atoms with Gasteiger partial charge in [-0.2, -0.15) is 0 Å². The van der Waals surface area contributed by atoms with Crippen LogP contribution in [0.3, 0.4) is 0 Å². The van der Waals surface area contributed by atoms with Crippen molar-refractivity contribution in [2.45, 2.75) is 19.6 Å². The molecule has 0 fully saturated rings. The molecule has 3 heteroatoms. The number of para-hydroxylation sites is 2. The molecule has 0 aliphatic heterocycles. The molecule has 2 nitrogen and oxygen atoms in total. The molecule has 0 radical (unpaired) electrons. The van der Waals surface area contributed by atoms with Gasteiger partial charge in [0.05, 0.1) is 22.1 Å². The van der Waals surface area contributed by atoms with E-state index in [4.69, 9.17) is 0 Å². The molecule has 0 aliphatic rings. The zero-order valence-electron chi connectivity index (χ0n) is 37.9. The lowest BCUT2D eigenvalue weighted by atomic mass is 9.92. The Morgan fingerprint density at radius 2 is 0.681 bits per heavy atom. The van der Waals surface area contributed by atoms with Crippen LogP contribution in [0.15, 0.2) is 299 Å². The third-order valence-electron chi connectivity index (χ3n) is 13.9. The van der Waals surface area contributed by atoms with Crippen molar-refractivity contribution in [1.29, 1.82) is 0 Å². The Hall–Kier alpha value is -8.63. The van der Waals surface area contributed by atoms with Crippen LogP contribution in [0.5, 0.6) is 0 Å². The molecule has 13 rings (SSSR count). The standard InChI is InChI=1S/C66H46N2S/c1-5-21-47(22-6-1)49-25-19-30-55(45-49)69(52-26-9-3-10-27-52,53-28-11-4-12-29-53)54-42-39-50(40-43-54)67-62-36-17-15-33-58(62)61-46-51(41-44-64(61)67)68-63-37-18-16-34-60(63)66-59(35-20-38-65(66)68)57-32-14-13-31-56(57)48-23-7-2-8-24-48/h1-46H. The minimum absolute atomic E-state index is 1.13. The van der Waals surface area contributed by atoms with Crippen LogP contribution < -0.4 is 0 Å². The van der Waals surface area contributed by atoms with Crippen LogP contribution in [0.2, 0.25) is 0 Å². The van der Waals surface area contributed by atoms with Crippen molar-refractivity contribution in [2.24, 2.45) is 0 Å². The van der Waals surface area contributed by atoms with Gasteiger partial charge < -0.3 is 9.13 Å². The topological polar surface area (TPSA) is 9.86 Å². The molecular weight excluding hydrogens is 853 g/mol. The van der Waals surface area contributed by atoms with E-state index in [2.05, 4.69) is 288 Å². The van der Waals surface area contributed by atoms with Gasteiger partial charge in [0.2, 0.25) is 0 Å². The first-order valence-electron chi connectivity index (χ1n) is 23.7. The summed E-state index contributed by atoms with van der Waals surface area (Å²) in [6.07, 6.45) is 0. The van der Waals surface area contributed by atoms with Crippen LogP contribution in [-0.4, -0.2) is 9.13 Å². The van der Waals surface area contributed by atoms with Gasteiger partial charge in [-0.3, -0.25) is 0 Å². The van der Waals surface area contributed by atoms with Gasteiger partial charge in [-0.25, -0.2) is 0 Å². The van der Waals surface area contributed by atoms with Gasteiger partial charge in [-0.1, -0.05) is 182 Å². The Balaban J connectivity index is 0.978. The van der Waals surface area contributed by atoms with Crippen LogP contribution in [0.25, 0.3) is 88.4 Å². The van der Waals surface area contributed by atoms with Crippen molar-refractivity contribution in [2.75, 3.05) is 0 Å². The third-order valence-corrected chi connectivity index (χ3v) is 17.7. The summed E-state index contributed by atoms with van der Waals surface area (Å²) in [6.45, 7) is 0. The summed E-state index contributed by atoms with van der Waals surface area (Å²) in [5.41, 5.74) is 14.3.